The van der Waals surface area contributed by atoms with Crippen molar-refractivity contribution in [3.8, 4) is 0 Å². The quantitative estimate of drug-likeness (QED) is 0.381. The number of carbonyl (C=O) groups excluding carboxylic acids is 1. The highest BCUT2D eigenvalue weighted by Gasteiger charge is 2.35. The average molecular weight is 541 g/mol. The summed E-state index contributed by atoms with van der Waals surface area (Å²) in [5.74, 6) is -1.58. The number of hydrogen-bond acceptors (Lipinski definition) is 6. The predicted molar refractivity (Wildman–Crippen MR) is 130 cm³/mol. The molecule has 4 rings (SSSR count). The van der Waals surface area contributed by atoms with Crippen molar-refractivity contribution in [2.24, 2.45) is 5.73 Å². The Labute approximate surface area is 211 Å². The van der Waals surface area contributed by atoms with Gasteiger partial charge in [0.05, 0.1) is 17.3 Å². The van der Waals surface area contributed by atoms with Crippen LogP contribution < -0.4 is 15.5 Å². The Bertz CT molecular complexity index is 1360. The molecule has 3 N–H and O–H groups in total. The lowest BCUT2D eigenvalue weighted by Gasteiger charge is -2.36. The van der Waals surface area contributed by atoms with Gasteiger partial charge in [0.2, 0.25) is 5.91 Å². The van der Waals surface area contributed by atoms with Crippen LogP contribution in [0.4, 0.5) is 29.1 Å². The van der Waals surface area contributed by atoms with E-state index < -0.39 is 39.1 Å². The third kappa shape index (κ3) is 7.40. The number of hydrogen-bond donors (Lipinski definition) is 2. The summed E-state index contributed by atoms with van der Waals surface area (Å²) in [7, 11) is -4.19. The number of nitrogens with zero attached hydrogens (tertiary/aromatic N) is 3. The number of primary amides is 1. The number of anilines is 2. The first-order valence-corrected chi connectivity index (χ1v) is 12.4. The lowest BCUT2D eigenvalue weighted by molar-refractivity contribution is -0.138. The summed E-state index contributed by atoms with van der Waals surface area (Å²) in [5, 5.41) is 0. The average Bonchev–Trinajstić information content (AvgIpc) is 2.83. The van der Waals surface area contributed by atoms with E-state index in [0.29, 0.717) is 6.07 Å². The van der Waals surface area contributed by atoms with Gasteiger partial charge in [-0.3, -0.25) is 9.35 Å². The maximum Gasteiger partial charge on any atom is 0.417 e. The van der Waals surface area contributed by atoms with Crippen LogP contribution in [0.2, 0.25) is 0 Å². The van der Waals surface area contributed by atoms with E-state index in [-0.39, 0.29) is 11.0 Å². The van der Waals surface area contributed by atoms with Gasteiger partial charge in [-0.15, -0.1) is 0 Å². The lowest BCUT2D eigenvalue weighted by Crippen LogP contribution is -2.46. The molecule has 13 heteroatoms. The first-order valence-electron chi connectivity index (χ1n) is 10.9. The molecule has 3 aromatic rings. The first-order chi connectivity index (χ1) is 17.3. The van der Waals surface area contributed by atoms with E-state index in [2.05, 4.69) is 46.0 Å². The van der Waals surface area contributed by atoms with Crippen LogP contribution in [0.5, 0.6) is 0 Å². The molecule has 0 radical (unpaired) electrons. The number of aryl methyl sites for hydroxylation is 1. The molecule has 0 unspecified atom stereocenters. The Morgan fingerprint density at radius 3 is 2.16 bits per heavy atom. The summed E-state index contributed by atoms with van der Waals surface area (Å²) in [5.41, 5.74) is 5.07. The number of piperazine rings is 1. The molecule has 2 aromatic carbocycles. The van der Waals surface area contributed by atoms with Gasteiger partial charge in [-0.05, 0) is 55.0 Å². The summed E-state index contributed by atoms with van der Waals surface area (Å²) in [6, 6.07) is 13.1. The molecular weight excluding hydrogens is 516 g/mol. The van der Waals surface area contributed by atoms with Gasteiger partial charge < -0.3 is 15.5 Å². The zero-order valence-corrected chi connectivity index (χ0v) is 20.4. The van der Waals surface area contributed by atoms with Gasteiger partial charge in [0.1, 0.15) is 16.5 Å². The number of pyridine rings is 1. The monoisotopic (exact) mass is 540 g/mol. The highest BCUT2D eigenvalue weighted by molar-refractivity contribution is 7.85. The van der Waals surface area contributed by atoms with Gasteiger partial charge in [0.15, 0.2) is 0 Å². The van der Waals surface area contributed by atoms with Crippen LogP contribution >= 0.6 is 0 Å². The standard InChI is InChI=1S/C16H19N3O3S.C8H5F4NO/c1-13-3-2-4-14(11-13)18-7-9-19(10-8-18)16-6-5-15(12-17-16)23(20,21)22;9-4-1-2-5(7(13)14)6(3-4)8(10,11)12/h2-6,11-12H,7-10H2,1H3,(H,20,21,22);1-3H,(H2,13,14). The summed E-state index contributed by atoms with van der Waals surface area (Å²) in [6.07, 6.45) is -3.59. The van der Waals surface area contributed by atoms with Crippen LogP contribution in [0.1, 0.15) is 21.5 Å². The number of benzene rings is 2. The second-order valence-corrected chi connectivity index (χ2v) is 9.61. The first kappa shape index (κ1) is 27.9. The minimum atomic E-state index is -4.79. The molecule has 1 aromatic heterocycles. The van der Waals surface area contributed by atoms with Crippen LogP contribution in [-0.2, 0) is 16.3 Å². The SMILES string of the molecule is Cc1cccc(N2CCN(c3ccc(S(=O)(=O)O)cn3)CC2)c1.NC(=O)c1ccc(F)cc1C(F)(F)F. The van der Waals surface area contributed by atoms with Crippen LogP contribution in [0.3, 0.4) is 0 Å². The maximum absolute atomic E-state index is 12.5. The minimum Gasteiger partial charge on any atom is -0.368 e. The van der Waals surface area contributed by atoms with E-state index in [4.69, 9.17) is 10.3 Å². The highest BCUT2D eigenvalue weighted by atomic mass is 32.2. The Morgan fingerprint density at radius 1 is 1.00 bits per heavy atom. The van der Waals surface area contributed by atoms with Gasteiger partial charge in [-0.2, -0.15) is 21.6 Å². The molecule has 0 bridgehead atoms. The zero-order chi connectivity index (χ0) is 27.4. The number of amides is 1. The Morgan fingerprint density at radius 2 is 1.65 bits per heavy atom. The van der Waals surface area contributed by atoms with E-state index in [1.54, 1.807) is 6.07 Å². The van der Waals surface area contributed by atoms with E-state index >= 15 is 0 Å². The highest BCUT2D eigenvalue weighted by Crippen LogP contribution is 2.32. The number of alkyl halides is 3. The molecule has 8 nitrogen and oxygen atoms in total. The van der Waals surface area contributed by atoms with E-state index in [0.717, 1.165) is 38.1 Å². The van der Waals surface area contributed by atoms with Crippen molar-refractivity contribution in [3.63, 3.8) is 0 Å². The Hall–Kier alpha value is -3.71. The normalized spacial score (nSPS) is 14.1. The molecule has 0 atom stereocenters. The van der Waals surface area contributed by atoms with Gasteiger partial charge in [-0.1, -0.05) is 12.1 Å². The molecule has 0 spiro atoms. The van der Waals surface area contributed by atoms with Crippen molar-refractivity contribution in [3.05, 3.63) is 83.3 Å². The Kier molecular flexibility index (Phi) is 8.39. The fourth-order valence-corrected chi connectivity index (χ4v) is 4.12. The Balaban J connectivity index is 0.000000233. The van der Waals surface area contributed by atoms with E-state index in [1.807, 2.05) is 0 Å². The smallest absolute Gasteiger partial charge is 0.368 e. The second-order valence-electron chi connectivity index (χ2n) is 8.19. The molecule has 198 valence electrons. The molecule has 1 saturated heterocycles. The molecule has 2 heterocycles. The van der Waals surface area contributed by atoms with Crippen LogP contribution in [0.15, 0.2) is 65.7 Å². The van der Waals surface area contributed by atoms with Crippen molar-refractivity contribution in [1.29, 1.82) is 0 Å². The molecule has 37 heavy (non-hydrogen) atoms. The summed E-state index contributed by atoms with van der Waals surface area (Å²) < 4.78 is 80.2. The third-order valence-electron chi connectivity index (χ3n) is 5.54. The molecule has 1 amide bonds. The maximum atomic E-state index is 12.5. The van der Waals surface area contributed by atoms with Crippen molar-refractivity contribution >= 4 is 27.5 Å². The number of rotatable bonds is 4. The molecule has 0 saturated carbocycles. The van der Waals surface area contributed by atoms with Crippen molar-refractivity contribution in [2.45, 2.75) is 18.0 Å². The van der Waals surface area contributed by atoms with Gasteiger partial charge in [0.25, 0.3) is 10.1 Å². The largest absolute Gasteiger partial charge is 0.417 e. The van der Waals surface area contributed by atoms with E-state index in [1.165, 1.54) is 23.5 Å². The lowest BCUT2D eigenvalue weighted by atomic mass is 10.1. The van der Waals surface area contributed by atoms with Crippen molar-refractivity contribution in [1.82, 2.24) is 4.98 Å². The number of nitrogens with two attached hydrogens (primary N) is 1. The second kappa shape index (κ2) is 11.1. The van der Waals surface area contributed by atoms with Crippen LogP contribution in [-0.4, -0.2) is 50.0 Å². The number of halogens is 4. The predicted octanol–water partition coefficient (Wildman–Crippen LogP) is 3.91. The fourth-order valence-electron chi connectivity index (χ4n) is 3.70. The summed E-state index contributed by atoms with van der Waals surface area (Å²) in [6.45, 7) is 5.47. The van der Waals surface area contributed by atoms with Gasteiger partial charge in [-0.25, -0.2) is 9.37 Å². The van der Waals surface area contributed by atoms with Crippen LogP contribution in [0.25, 0.3) is 0 Å². The summed E-state index contributed by atoms with van der Waals surface area (Å²) in [4.78, 5) is 19.0. The summed E-state index contributed by atoms with van der Waals surface area (Å²) >= 11 is 0. The molecular formula is C24H24F4N4O4S. The molecule has 1 fully saturated rings. The van der Waals surface area contributed by atoms with Gasteiger partial charge >= 0.3 is 6.18 Å². The molecule has 0 aliphatic carbocycles. The van der Waals surface area contributed by atoms with Crippen molar-refractivity contribution in [2.75, 3.05) is 36.0 Å². The van der Waals surface area contributed by atoms with Crippen LogP contribution in [0, 0.1) is 12.7 Å². The fraction of sp³-hybridized carbons (Fsp3) is 0.250. The topological polar surface area (TPSA) is 117 Å². The number of carbonyl (C=O) groups is 1. The zero-order valence-electron chi connectivity index (χ0n) is 19.6. The molecule has 1 aliphatic rings. The van der Waals surface area contributed by atoms with E-state index in [9.17, 15) is 30.8 Å². The number of aromatic nitrogens is 1. The third-order valence-corrected chi connectivity index (χ3v) is 6.38. The minimum absolute atomic E-state index is 0.181. The van der Waals surface area contributed by atoms with Crippen molar-refractivity contribution < 1.29 is 35.3 Å². The molecule has 1 aliphatic heterocycles. The van der Waals surface area contributed by atoms with Gasteiger partial charge in [0, 0.05) is 31.9 Å².